The molecule has 1 fully saturated rings. The van der Waals surface area contributed by atoms with Gasteiger partial charge in [-0.05, 0) is 61.6 Å². The molecule has 1 amide bonds. The van der Waals surface area contributed by atoms with Gasteiger partial charge in [-0.1, -0.05) is 11.6 Å². The van der Waals surface area contributed by atoms with E-state index in [1.54, 1.807) is 0 Å². The molecule has 0 atom stereocenters. The number of nitrogens with one attached hydrogen (secondary N) is 2. The van der Waals surface area contributed by atoms with Crippen LogP contribution in [0.15, 0.2) is 70.5 Å². The third-order valence-corrected chi connectivity index (χ3v) is 9.90. The minimum atomic E-state index is -4.10. The Morgan fingerprint density at radius 1 is 0.825 bits per heavy atom. The molecule has 214 valence electrons. The number of ether oxygens (including phenoxy) is 2. The van der Waals surface area contributed by atoms with Gasteiger partial charge < -0.3 is 19.7 Å². The van der Waals surface area contributed by atoms with Crippen LogP contribution in [0, 0.1) is 0 Å². The van der Waals surface area contributed by atoms with Crippen LogP contribution in [0.1, 0.15) is 10.4 Å². The molecule has 40 heavy (non-hydrogen) atoms. The van der Waals surface area contributed by atoms with Gasteiger partial charge in [0.2, 0.25) is 10.0 Å². The topological polar surface area (TPSA) is 134 Å². The number of methoxy groups -OCH3 is 2. The zero-order valence-electron chi connectivity index (χ0n) is 22.0. The van der Waals surface area contributed by atoms with Gasteiger partial charge in [-0.25, -0.2) is 16.8 Å². The van der Waals surface area contributed by atoms with Crippen molar-refractivity contribution >= 4 is 48.9 Å². The van der Waals surface area contributed by atoms with Crippen molar-refractivity contribution in [1.82, 2.24) is 9.21 Å². The van der Waals surface area contributed by atoms with E-state index in [0.717, 1.165) is 0 Å². The molecule has 3 aromatic rings. The summed E-state index contributed by atoms with van der Waals surface area (Å²) in [4.78, 5) is 15.4. The standard InChI is InChI=1S/C26H29ClN4O7S2/c1-30-12-14-31(15-13-30)40(35,36)21-10-6-19(7-11-21)28-26(32)22-16-24(37-2)25(38-3)17-23(22)29-39(33,34)20-8-4-18(27)5-9-20/h4-11,16-17,29H,12-15H2,1-3H3,(H,28,32). The van der Waals surface area contributed by atoms with Gasteiger partial charge in [0, 0.05) is 43.0 Å². The van der Waals surface area contributed by atoms with Crippen LogP contribution in [0.2, 0.25) is 5.02 Å². The number of nitrogens with zero attached hydrogens (tertiary/aromatic N) is 2. The van der Waals surface area contributed by atoms with Crippen molar-refractivity contribution in [2.45, 2.75) is 9.79 Å². The van der Waals surface area contributed by atoms with Crippen molar-refractivity contribution in [2.75, 3.05) is 57.5 Å². The number of amides is 1. The maximum absolute atomic E-state index is 13.3. The fourth-order valence-corrected chi connectivity index (χ4v) is 6.67. The molecule has 0 aliphatic carbocycles. The Kier molecular flexibility index (Phi) is 8.90. The summed E-state index contributed by atoms with van der Waals surface area (Å²) in [7, 11) is -3.07. The highest BCUT2D eigenvalue weighted by Crippen LogP contribution is 2.35. The number of benzene rings is 3. The van der Waals surface area contributed by atoms with E-state index in [2.05, 4.69) is 14.9 Å². The average molecular weight is 609 g/mol. The van der Waals surface area contributed by atoms with Crippen LogP contribution < -0.4 is 19.5 Å². The summed E-state index contributed by atoms with van der Waals surface area (Å²) in [5, 5.41) is 3.05. The summed E-state index contributed by atoms with van der Waals surface area (Å²) in [5.74, 6) is -0.258. The Morgan fingerprint density at radius 3 is 1.95 bits per heavy atom. The molecule has 0 saturated carbocycles. The van der Waals surface area contributed by atoms with Crippen LogP contribution in [-0.4, -0.2) is 79.4 Å². The van der Waals surface area contributed by atoms with Gasteiger partial charge in [-0.2, -0.15) is 4.31 Å². The van der Waals surface area contributed by atoms with Crippen molar-refractivity contribution < 1.29 is 31.1 Å². The maximum atomic E-state index is 13.3. The lowest BCUT2D eigenvalue weighted by molar-refractivity contribution is 0.102. The molecule has 0 bridgehead atoms. The van der Waals surface area contributed by atoms with Crippen molar-refractivity contribution in [2.24, 2.45) is 0 Å². The number of carbonyl (C=O) groups excluding carboxylic acids is 1. The number of likely N-dealkylation sites (N-methyl/N-ethyl adjacent to an activating group) is 1. The van der Waals surface area contributed by atoms with E-state index in [-0.39, 0.29) is 32.5 Å². The van der Waals surface area contributed by atoms with Crippen molar-refractivity contribution in [3.05, 3.63) is 71.2 Å². The molecule has 1 aliphatic heterocycles. The quantitative estimate of drug-likeness (QED) is 0.378. The zero-order chi connectivity index (χ0) is 29.1. The summed E-state index contributed by atoms with van der Waals surface area (Å²) in [5.41, 5.74) is 0.201. The molecule has 0 unspecified atom stereocenters. The van der Waals surface area contributed by atoms with Crippen LogP contribution >= 0.6 is 11.6 Å². The number of piperazine rings is 1. The Hall–Kier alpha value is -3.36. The van der Waals surface area contributed by atoms with Gasteiger partial charge in [0.1, 0.15) is 0 Å². The van der Waals surface area contributed by atoms with E-state index >= 15 is 0 Å². The summed E-state index contributed by atoms with van der Waals surface area (Å²) >= 11 is 5.88. The van der Waals surface area contributed by atoms with Gasteiger partial charge in [0.05, 0.1) is 35.3 Å². The second-order valence-electron chi connectivity index (χ2n) is 9.00. The minimum Gasteiger partial charge on any atom is -0.493 e. The first-order valence-corrected chi connectivity index (χ1v) is 15.4. The molecule has 14 heteroatoms. The zero-order valence-corrected chi connectivity index (χ0v) is 24.4. The minimum absolute atomic E-state index is 0.0516. The molecular formula is C26H29ClN4O7S2. The Labute approximate surface area is 238 Å². The predicted octanol–water partition coefficient (Wildman–Crippen LogP) is 3.35. The number of hydrogen-bond donors (Lipinski definition) is 2. The molecule has 3 aromatic carbocycles. The highest BCUT2D eigenvalue weighted by atomic mass is 35.5. The average Bonchev–Trinajstić information content (AvgIpc) is 2.93. The first-order valence-electron chi connectivity index (χ1n) is 12.1. The van der Waals surface area contributed by atoms with Gasteiger partial charge in [0.15, 0.2) is 11.5 Å². The van der Waals surface area contributed by atoms with Crippen LogP contribution in [0.25, 0.3) is 0 Å². The fourth-order valence-electron chi connectivity index (χ4n) is 4.05. The van der Waals surface area contributed by atoms with E-state index in [1.807, 2.05) is 7.05 Å². The Morgan fingerprint density at radius 2 is 1.38 bits per heavy atom. The molecule has 0 aromatic heterocycles. The van der Waals surface area contributed by atoms with Crippen LogP contribution in [0.3, 0.4) is 0 Å². The normalized spacial score (nSPS) is 14.9. The molecule has 1 saturated heterocycles. The van der Waals surface area contributed by atoms with Crippen molar-refractivity contribution in [1.29, 1.82) is 0 Å². The summed E-state index contributed by atoms with van der Waals surface area (Å²) in [6.07, 6.45) is 0. The first-order chi connectivity index (χ1) is 18.9. The second-order valence-corrected chi connectivity index (χ2v) is 13.1. The monoisotopic (exact) mass is 608 g/mol. The van der Waals surface area contributed by atoms with Gasteiger partial charge in [0.25, 0.3) is 15.9 Å². The maximum Gasteiger partial charge on any atom is 0.261 e. The van der Waals surface area contributed by atoms with E-state index in [9.17, 15) is 21.6 Å². The molecule has 0 spiro atoms. The number of halogens is 1. The Bertz CT molecular complexity index is 1590. The molecule has 0 radical (unpaired) electrons. The van der Waals surface area contributed by atoms with Crippen LogP contribution in [0.4, 0.5) is 11.4 Å². The predicted molar refractivity (Wildman–Crippen MR) is 152 cm³/mol. The third kappa shape index (κ3) is 6.50. The third-order valence-electron chi connectivity index (χ3n) is 6.35. The first kappa shape index (κ1) is 29.6. The van der Waals surface area contributed by atoms with Crippen LogP contribution in [0.5, 0.6) is 11.5 Å². The van der Waals surface area contributed by atoms with Gasteiger partial charge in [-0.3, -0.25) is 9.52 Å². The van der Waals surface area contributed by atoms with E-state index in [0.29, 0.717) is 36.9 Å². The SMILES string of the molecule is COc1cc(NS(=O)(=O)c2ccc(Cl)cc2)c(C(=O)Nc2ccc(S(=O)(=O)N3CCN(C)CC3)cc2)cc1OC. The lowest BCUT2D eigenvalue weighted by Gasteiger charge is -2.31. The number of rotatable bonds is 9. The molecule has 1 heterocycles. The highest BCUT2D eigenvalue weighted by molar-refractivity contribution is 7.92. The van der Waals surface area contributed by atoms with Gasteiger partial charge in [-0.15, -0.1) is 0 Å². The molecule has 11 nitrogen and oxygen atoms in total. The summed E-state index contributed by atoms with van der Waals surface area (Å²) in [6, 6.07) is 14.0. The van der Waals surface area contributed by atoms with E-state index in [1.165, 1.54) is 79.2 Å². The summed E-state index contributed by atoms with van der Waals surface area (Å²) < 4.78 is 66.6. The summed E-state index contributed by atoms with van der Waals surface area (Å²) in [6.45, 7) is 2.07. The smallest absolute Gasteiger partial charge is 0.261 e. The number of hydrogen-bond acceptors (Lipinski definition) is 8. The van der Waals surface area contributed by atoms with Crippen molar-refractivity contribution in [3.8, 4) is 11.5 Å². The molecule has 1 aliphatic rings. The van der Waals surface area contributed by atoms with Crippen LogP contribution in [-0.2, 0) is 20.0 Å². The largest absolute Gasteiger partial charge is 0.493 e. The lowest BCUT2D eigenvalue weighted by atomic mass is 10.1. The fraction of sp³-hybridized carbons (Fsp3) is 0.269. The molecular weight excluding hydrogens is 580 g/mol. The number of sulfonamides is 2. The lowest BCUT2D eigenvalue weighted by Crippen LogP contribution is -2.46. The number of carbonyl (C=O) groups is 1. The van der Waals surface area contributed by atoms with E-state index < -0.39 is 26.0 Å². The van der Waals surface area contributed by atoms with E-state index in [4.69, 9.17) is 21.1 Å². The molecule has 2 N–H and O–H groups in total. The van der Waals surface area contributed by atoms with Crippen molar-refractivity contribution in [3.63, 3.8) is 0 Å². The molecule has 4 rings (SSSR count). The Balaban J connectivity index is 1.60. The highest BCUT2D eigenvalue weighted by Gasteiger charge is 2.28. The van der Waals surface area contributed by atoms with Gasteiger partial charge >= 0.3 is 0 Å². The number of anilines is 2. The second kappa shape index (κ2) is 12.0.